The smallest absolute Gasteiger partial charge is 0.0471 e. The van der Waals surface area contributed by atoms with Gasteiger partial charge in [0.15, 0.2) is 0 Å². The molecule has 0 aromatic carbocycles. The second-order valence-corrected chi connectivity index (χ2v) is 13.3. The molecule has 0 amide bonds. The molecule has 0 bridgehead atoms. The summed E-state index contributed by atoms with van der Waals surface area (Å²) < 4.78 is 5.59. The first-order valence-corrected chi connectivity index (χ1v) is 12.8. The van der Waals surface area contributed by atoms with Gasteiger partial charge in [0.25, 0.3) is 0 Å². The molecule has 0 atom stereocenters. The minimum Gasteiger partial charge on any atom is -0.381 e. The fraction of sp³-hybridized carbons (Fsp3) is 0.611. The molecular formula is C36H50O. The zero-order valence-corrected chi connectivity index (χ0v) is 26.0. The van der Waals surface area contributed by atoms with Crippen LogP contribution in [0.1, 0.15) is 109 Å². The van der Waals surface area contributed by atoms with Crippen molar-refractivity contribution in [3.63, 3.8) is 0 Å². The summed E-state index contributed by atoms with van der Waals surface area (Å²) in [7, 11) is 0. The highest BCUT2D eigenvalue weighted by Gasteiger charge is 2.20. The van der Waals surface area contributed by atoms with Crippen LogP contribution in [0.4, 0.5) is 0 Å². The first-order chi connectivity index (χ1) is 16.8. The third-order valence-electron chi connectivity index (χ3n) is 3.88. The van der Waals surface area contributed by atoms with Crippen molar-refractivity contribution in [3.05, 3.63) is 0 Å². The van der Waals surface area contributed by atoms with E-state index >= 15 is 0 Å². The van der Waals surface area contributed by atoms with E-state index < -0.39 is 0 Å². The van der Waals surface area contributed by atoms with E-state index in [-0.39, 0.29) is 0 Å². The lowest BCUT2D eigenvalue weighted by Crippen LogP contribution is -2.16. The van der Waals surface area contributed by atoms with E-state index in [1.165, 1.54) is 6.42 Å². The average Bonchev–Trinajstić information content (AvgIpc) is 2.68. The monoisotopic (exact) mass is 498 g/mol. The molecule has 0 rings (SSSR count). The van der Waals surface area contributed by atoms with Gasteiger partial charge in [-0.05, 0) is 119 Å². The van der Waals surface area contributed by atoms with Crippen molar-refractivity contribution in [2.75, 3.05) is 13.2 Å². The largest absolute Gasteiger partial charge is 0.381 e. The third kappa shape index (κ3) is 50.7. The summed E-state index contributed by atoms with van der Waals surface area (Å²) in [6.45, 7) is 30.7. The number of hydrogen-bond donors (Lipinski definition) is 0. The summed E-state index contributed by atoms with van der Waals surface area (Å²) in [5, 5.41) is 0. The normalized spacial score (nSPS) is 9.62. The van der Waals surface area contributed by atoms with Gasteiger partial charge in [0.2, 0.25) is 0 Å². The number of terminal acetylenes is 1. The van der Waals surface area contributed by atoms with Gasteiger partial charge in [0, 0.05) is 13.2 Å². The van der Waals surface area contributed by atoms with Crippen LogP contribution in [0.5, 0.6) is 0 Å². The molecule has 0 fully saturated rings. The van der Waals surface area contributed by atoms with Crippen molar-refractivity contribution in [3.8, 4) is 83.4 Å². The Balaban J connectivity index is -0.000000484. The van der Waals surface area contributed by atoms with Crippen LogP contribution in [0, 0.1) is 105 Å². The lowest BCUT2D eigenvalue weighted by molar-refractivity contribution is 0.0881. The first-order valence-electron chi connectivity index (χ1n) is 12.8. The van der Waals surface area contributed by atoms with Crippen LogP contribution < -0.4 is 0 Å². The molecule has 0 saturated heterocycles. The maximum Gasteiger partial charge on any atom is 0.0471 e. The molecule has 1 heteroatoms. The van der Waals surface area contributed by atoms with E-state index in [1.54, 1.807) is 6.92 Å². The van der Waals surface area contributed by atoms with Crippen molar-refractivity contribution in [2.45, 2.75) is 109 Å². The highest BCUT2D eigenvalue weighted by Crippen LogP contribution is 2.31. The molecule has 0 aliphatic heterocycles. The second-order valence-electron chi connectivity index (χ2n) is 13.3. The lowest BCUT2D eigenvalue weighted by Gasteiger charge is -2.28. The summed E-state index contributed by atoms with van der Waals surface area (Å²) in [5.74, 6) is 31.9. The molecule has 0 aromatic heterocycles. The van der Waals surface area contributed by atoms with Crippen LogP contribution in [0.25, 0.3) is 0 Å². The van der Waals surface area contributed by atoms with Gasteiger partial charge in [-0.2, -0.15) is 0 Å². The molecule has 200 valence electrons. The van der Waals surface area contributed by atoms with Gasteiger partial charge >= 0.3 is 0 Å². The Hall–Kier alpha value is -3.12. The molecule has 0 heterocycles. The first kappa shape index (κ1) is 38.4. The Morgan fingerprint density at radius 1 is 0.459 bits per heavy atom. The van der Waals surface area contributed by atoms with Gasteiger partial charge in [-0.1, -0.05) is 89.0 Å². The minimum absolute atomic E-state index is 0.404. The third-order valence-corrected chi connectivity index (χ3v) is 3.88. The van der Waals surface area contributed by atoms with Gasteiger partial charge < -0.3 is 4.74 Å². The van der Waals surface area contributed by atoms with E-state index in [9.17, 15) is 0 Å². The van der Waals surface area contributed by atoms with Crippen LogP contribution in [-0.4, -0.2) is 13.2 Å². The van der Waals surface area contributed by atoms with E-state index in [4.69, 9.17) is 11.2 Å². The second kappa shape index (κ2) is 21.0. The van der Waals surface area contributed by atoms with Crippen molar-refractivity contribution >= 4 is 0 Å². The molecule has 0 radical (unpaired) electrons. The maximum atomic E-state index is 5.59. The van der Waals surface area contributed by atoms with Gasteiger partial charge in [0.1, 0.15) is 0 Å². The predicted octanol–water partition coefficient (Wildman–Crippen LogP) is 8.00. The summed E-state index contributed by atoms with van der Waals surface area (Å²) in [4.78, 5) is 0. The number of hydrogen-bond acceptors (Lipinski definition) is 1. The highest BCUT2D eigenvalue weighted by molar-refractivity contribution is 5.44. The van der Waals surface area contributed by atoms with Crippen molar-refractivity contribution in [2.24, 2.45) is 21.7 Å². The Morgan fingerprint density at radius 3 is 0.973 bits per heavy atom. The molecule has 0 aliphatic carbocycles. The van der Waals surface area contributed by atoms with E-state index in [0.29, 0.717) is 21.7 Å². The molecule has 0 spiro atoms. The fourth-order valence-electron chi connectivity index (χ4n) is 2.83. The van der Waals surface area contributed by atoms with Crippen LogP contribution in [0.15, 0.2) is 0 Å². The summed E-state index contributed by atoms with van der Waals surface area (Å²) in [6, 6.07) is 0. The molecule has 1 nitrogen and oxygen atoms in total. The Kier molecular flexibility index (Phi) is 21.8. The topological polar surface area (TPSA) is 9.23 Å². The Bertz CT molecular complexity index is 1010. The SMILES string of the molecule is C#CC#CC#CC#CC#CC#CC#CC.CC(C)(C)CC(C)(C)C.CC(C)(C)CCOCCC(C)(C)C. The van der Waals surface area contributed by atoms with E-state index in [0.717, 1.165) is 26.1 Å². The van der Waals surface area contributed by atoms with Gasteiger partial charge in [-0.25, -0.2) is 0 Å². The Labute approximate surface area is 232 Å². The van der Waals surface area contributed by atoms with Crippen molar-refractivity contribution in [1.82, 2.24) is 0 Å². The molecule has 0 saturated carbocycles. The zero-order valence-electron chi connectivity index (χ0n) is 26.0. The van der Waals surface area contributed by atoms with Crippen LogP contribution in [0.2, 0.25) is 0 Å². The highest BCUT2D eigenvalue weighted by atomic mass is 16.5. The van der Waals surface area contributed by atoms with Crippen molar-refractivity contribution < 1.29 is 4.74 Å². The maximum absolute atomic E-state index is 5.59. The van der Waals surface area contributed by atoms with Gasteiger partial charge in [-0.3, -0.25) is 0 Å². The molecule has 0 aromatic rings. The molecular weight excluding hydrogens is 448 g/mol. The molecule has 37 heavy (non-hydrogen) atoms. The molecule has 0 unspecified atom stereocenters. The fourth-order valence-corrected chi connectivity index (χ4v) is 2.83. The predicted molar refractivity (Wildman–Crippen MR) is 164 cm³/mol. The summed E-state index contributed by atoms with van der Waals surface area (Å²) >= 11 is 0. The number of ether oxygens (including phenoxy) is 1. The summed E-state index contributed by atoms with van der Waals surface area (Å²) in [5.41, 5.74) is 1.78. The average molecular weight is 499 g/mol. The quantitative estimate of drug-likeness (QED) is 0.282. The Morgan fingerprint density at radius 2 is 0.757 bits per heavy atom. The standard InChI is InChI=1S/C15H4.C12H26O.C9H20/c1-3-5-7-9-11-13-15-14-12-10-8-6-4-2;1-11(2,3)7-9-13-10-8-12(4,5)6;1-8(2,3)7-9(4,5)6/h1H,2H3;7-10H2,1-6H3;7H2,1-6H3. The summed E-state index contributed by atoms with van der Waals surface area (Å²) in [6.07, 6.45) is 8.46. The zero-order chi connectivity index (χ0) is 29.4. The van der Waals surface area contributed by atoms with Gasteiger partial charge in [0.05, 0.1) is 0 Å². The van der Waals surface area contributed by atoms with Gasteiger partial charge in [-0.15, -0.1) is 6.42 Å². The molecule has 0 aliphatic rings. The van der Waals surface area contributed by atoms with Crippen molar-refractivity contribution in [1.29, 1.82) is 0 Å². The lowest BCUT2D eigenvalue weighted by atomic mass is 9.78. The minimum atomic E-state index is 0.404. The van der Waals surface area contributed by atoms with Crippen LogP contribution in [-0.2, 0) is 4.74 Å². The van der Waals surface area contributed by atoms with E-state index in [1.807, 2.05) is 0 Å². The number of rotatable bonds is 4. The molecule has 0 N–H and O–H groups in total. The van der Waals surface area contributed by atoms with Crippen LogP contribution in [0.3, 0.4) is 0 Å². The van der Waals surface area contributed by atoms with Crippen LogP contribution >= 0.6 is 0 Å². The van der Waals surface area contributed by atoms with E-state index in [2.05, 4.69) is 160 Å².